The molecule has 2 aromatic heterocycles. The number of carbonyl (C=O) groups excluding carboxylic acids is 1. The number of nitrogens with zero attached hydrogens (tertiary/aromatic N) is 2. The zero-order valence-corrected chi connectivity index (χ0v) is 12.3. The highest BCUT2D eigenvalue weighted by Gasteiger charge is 2.31. The molecule has 2 aromatic rings. The second kappa shape index (κ2) is 5.74. The van der Waals surface area contributed by atoms with Crippen LogP contribution in [-0.4, -0.2) is 15.8 Å². The number of aromatic nitrogens is 2. The highest BCUT2D eigenvalue weighted by Crippen LogP contribution is 2.31. The van der Waals surface area contributed by atoms with Crippen LogP contribution in [0.1, 0.15) is 47.4 Å². The maximum Gasteiger partial charge on any atom is 0.136 e. The summed E-state index contributed by atoms with van der Waals surface area (Å²) in [4.78, 5) is 21.1. The van der Waals surface area contributed by atoms with Gasteiger partial charge >= 0.3 is 0 Å². The van der Waals surface area contributed by atoms with Gasteiger partial charge in [0.2, 0.25) is 0 Å². The zero-order chi connectivity index (χ0) is 14.8. The standard InChI is InChI=1S/C17H19N3O/c1-11-5-3-7-18-16(11)14-9-13(21)10-15(20-14)17-12(2)6-4-8-19-17/h3-8,14-15,20H,9-10H2,1-2H3. The van der Waals surface area contributed by atoms with Crippen LogP contribution in [0.15, 0.2) is 36.7 Å². The van der Waals surface area contributed by atoms with Gasteiger partial charge in [0, 0.05) is 25.2 Å². The van der Waals surface area contributed by atoms with Crippen LogP contribution in [0.3, 0.4) is 0 Å². The second-order valence-electron chi connectivity index (χ2n) is 5.63. The topological polar surface area (TPSA) is 54.9 Å². The molecule has 4 heteroatoms. The summed E-state index contributed by atoms with van der Waals surface area (Å²) in [5, 5.41) is 3.55. The summed E-state index contributed by atoms with van der Waals surface area (Å²) in [6, 6.07) is 7.85. The van der Waals surface area contributed by atoms with Crippen LogP contribution in [-0.2, 0) is 4.79 Å². The molecule has 0 amide bonds. The second-order valence-corrected chi connectivity index (χ2v) is 5.63. The first-order chi connectivity index (χ1) is 10.1. The van der Waals surface area contributed by atoms with E-state index in [-0.39, 0.29) is 17.9 Å². The molecule has 4 nitrogen and oxygen atoms in total. The van der Waals surface area contributed by atoms with Crippen LogP contribution in [0, 0.1) is 13.8 Å². The predicted octanol–water partition coefficient (Wildman–Crippen LogP) is 2.83. The summed E-state index contributed by atoms with van der Waals surface area (Å²) >= 11 is 0. The molecule has 108 valence electrons. The van der Waals surface area contributed by atoms with Crippen molar-refractivity contribution in [3.63, 3.8) is 0 Å². The van der Waals surface area contributed by atoms with Gasteiger partial charge in [0.1, 0.15) is 5.78 Å². The molecule has 3 heterocycles. The van der Waals surface area contributed by atoms with Crippen molar-refractivity contribution in [1.82, 2.24) is 15.3 Å². The highest BCUT2D eigenvalue weighted by molar-refractivity contribution is 5.81. The Morgan fingerprint density at radius 3 is 1.86 bits per heavy atom. The van der Waals surface area contributed by atoms with E-state index in [4.69, 9.17) is 0 Å². The van der Waals surface area contributed by atoms with E-state index in [9.17, 15) is 4.79 Å². The molecule has 1 N–H and O–H groups in total. The van der Waals surface area contributed by atoms with Crippen molar-refractivity contribution >= 4 is 5.78 Å². The van der Waals surface area contributed by atoms with E-state index < -0.39 is 0 Å². The number of aryl methyl sites for hydroxylation is 2. The lowest BCUT2D eigenvalue weighted by molar-refractivity contribution is -0.121. The predicted molar refractivity (Wildman–Crippen MR) is 80.8 cm³/mol. The number of nitrogens with one attached hydrogen (secondary N) is 1. The van der Waals surface area contributed by atoms with E-state index in [1.54, 1.807) is 12.4 Å². The third-order valence-electron chi connectivity index (χ3n) is 4.03. The van der Waals surface area contributed by atoms with Crippen LogP contribution >= 0.6 is 0 Å². The van der Waals surface area contributed by atoms with Crippen molar-refractivity contribution in [2.24, 2.45) is 0 Å². The minimum Gasteiger partial charge on any atom is -0.300 e. The van der Waals surface area contributed by atoms with Crippen molar-refractivity contribution in [3.8, 4) is 0 Å². The molecule has 1 fully saturated rings. The van der Waals surface area contributed by atoms with Crippen LogP contribution < -0.4 is 5.32 Å². The third-order valence-corrected chi connectivity index (χ3v) is 4.03. The average molecular weight is 281 g/mol. The van der Waals surface area contributed by atoms with E-state index in [2.05, 4.69) is 15.3 Å². The Bertz CT molecular complexity index is 613. The number of hydrogen-bond donors (Lipinski definition) is 1. The van der Waals surface area contributed by atoms with E-state index >= 15 is 0 Å². The molecule has 21 heavy (non-hydrogen) atoms. The van der Waals surface area contributed by atoms with Gasteiger partial charge in [-0.3, -0.25) is 20.1 Å². The van der Waals surface area contributed by atoms with Crippen molar-refractivity contribution in [2.45, 2.75) is 38.8 Å². The van der Waals surface area contributed by atoms with E-state index in [1.807, 2.05) is 38.1 Å². The monoisotopic (exact) mass is 281 g/mol. The molecule has 0 bridgehead atoms. The van der Waals surface area contributed by atoms with Gasteiger partial charge in [-0.05, 0) is 37.1 Å². The highest BCUT2D eigenvalue weighted by atomic mass is 16.1. The number of pyridine rings is 2. The van der Waals surface area contributed by atoms with Gasteiger partial charge < -0.3 is 0 Å². The van der Waals surface area contributed by atoms with Crippen LogP contribution in [0.25, 0.3) is 0 Å². The van der Waals surface area contributed by atoms with Gasteiger partial charge in [-0.1, -0.05) is 12.1 Å². The fourth-order valence-electron chi connectivity index (χ4n) is 2.98. The molecule has 2 unspecified atom stereocenters. The number of rotatable bonds is 2. The number of piperidine rings is 1. The maximum atomic E-state index is 12.2. The first-order valence-electron chi connectivity index (χ1n) is 7.26. The Labute approximate surface area is 124 Å². The summed E-state index contributed by atoms with van der Waals surface area (Å²) in [5.74, 6) is 0.263. The molecule has 1 saturated heterocycles. The number of ketones is 1. The zero-order valence-electron chi connectivity index (χ0n) is 12.3. The van der Waals surface area contributed by atoms with Gasteiger partial charge in [0.15, 0.2) is 0 Å². The van der Waals surface area contributed by atoms with Gasteiger partial charge in [-0.15, -0.1) is 0 Å². The molecule has 0 aromatic carbocycles. The lowest BCUT2D eigenvalue weighted by Crippen LogP contribution is -2.36. The lowest BCUT2D eigenvalue weighted by Gasteiger charge is -2.31. The van der Waals surface area contributed by atoms with E-state index in [0.717, 1.165) is 22.5 Å². The molecular weight excluding hydrogens is 262 g/mol. The minimum atomic E-state index is -0.0288. The summed E-state index contributed by atoms with van der Waals surface area (Å²) in [7, 11) is 0. The summed E-state index contributed by atoms with van der Waals surface area (Å²) in [6.45, 7) is 4.06. The third kappa shape index (κ3) is 2.85. The van der Waals surface area contributed by atoms with Crippen molar-refractivity contribution < 1.29 is 4.79 Å². The van der Waals surface area contributed by atoms with Gasteiger partial charge in [-0.2, -0.15) is 0 Å². The van der Waals surface area contributed by atoms with Crippen molar-refractivity contribution in [2.75, 3.05) is 0 Å². The Balaban J connectivity index is 1.91. The molecule has 0 saturated carbocycles. The SMILES string of the molecule is Cc1cccnc1C1CC(=O)CC(c2ncccc2C)N1. The molecule has 0 spiro atoms. The number of Topliss-reactive ketones (excluding diaryl/α,β-unsaturated/α-hetero) is 1. The fraction of sp³-hybridized carbons (Fsp3) is 0.353. The summed E-state index contributed by atoms with van der Waals surface area (Å²) in [6.07, 6.45) is 4.56. The molecular formula is C17H19N3O. The summed E-state index contributed by atoms with van der Waals surface area (Å²) < 4.78 is 0. The molecule has 3 rings (SSSR count). The van der Waals surface area contributed by atoms with E-state index in [0.29, 0.717) is 12.8 Å². The number of carbonyl (C=O) groups is 1. The largest absolute Gasteiger partial charge is 0.300 e. The quantitative estimate of drug-likeness (QED) is 0.919. The first-order valence-corrected chi connectivity index (χ1v) is 7.26. The Hall–Kier alpha value is -2.07. The molecule has 0 radical (unpaired) electrons. The Morgan fingerprint density at radius 1 is 0.952 bits per heavy atom. The smallest absolute Gasteiger partial charge is 0.136 e. The van der Waals surface area contributed by atoms with E-state index in [1.165, 1.54) is 0 Å². The van der Waals surface area contributed by atoms with Crippen molar-refractivity contribution in [1.29, 1.82) is 0 Å². The van der Waals surface area contributed by atoms with Crippen LogP contribution in [0.4, 0.5) is 0 Å². The van der Waals surface area contributed by atoms with Crippen LogP contribution in [0.2, 0.25) is 0 Å². The van der Waals surface area contributed by atoms with Gasteiger partial charge in [0.25, 0.3) is 0 Å². The molecule has 1 aliphatic rings. The molecule has 1 aliphatic heterocycles. The van der Waals surface area contributed by atoms with Gasteiger partial charge in [0.05, 0.1) is 23.5 Å². The van der Waals surface area contributed by atoms with Crippen LogP contribution in [0.5, 0.6) is 0 Å². The normalized spacial score (nSPS) is 22.3. The lowest BCUT2D eigenvalue weighted by atomic mass is 9.90. The Kier molecular flexibility index (Phi) is 3.80. The number of hydrogen-bond acceptors (Lipinski definition) is 4. The fourth-order valence-corrected chi connectivity index (χ4v) is 2.98. The summed E-state index contributed by atoms with van der Waals surface area (Å²) in [5.41, 5.74) is 4.15. The van der Waals surface area contributed by atoms with Crippen molar-refractivity contribution in [3.05, 3.63) is 59.2 Å². The first kappa shape index (κ1) is 13.9. The van der Waals surface area contributed by atoms with Gasteiger partial charge in [-0.25, -0.2) is 0 Å². The average Bonchev–Trinajstić information content (AvgIpc) is 2.47. The maximum absolute atomic E-state index is 12.2. The molecule has 0 aliphatic carbocycles. The minimum absolute atomic E-state index is 0.0288. The molecule has 2 atom stereocenters. The Morgan fingerprint density at radius 2 is 1.43 bits per heavy atom.